The third-order valence-corrected chi connectivity index (χ3v) is 4.78. The van der Waals surface area contributed by atoms with Crippen molar-refractivity contribution >= 4 is 27.5 Å². The lowest BCUT2D eigenvalue weighted by Gasteiger charge is -2.13. The minimum Gasteiger partial charge on any atom is -0.0840 e. The van der Waals surface area contributed by atoms with Gasteiger partial charge in [-0.15, -0.1) is 0 Å². The van der Waals surface area contributed by atoms with Crippen molar-refractivity contribution in [1.29, 1.82) is 0 Å². The highest BCUT2D eigenvalue weighted by molar-refractivity contribution is 9.09. The Hall–Kier alpha value is -0.790. The predicted molar refractivity (Wildman–Crippen MR) is 82.9 cm³/mol. The average Bonchev–Trinajstić information content (AvgIpc) is 2.35. The molecule has 0 aliphatic carbocycles. The van der Waals surface area contributed by atoms with Crippen LogP contribution in [-0.2, 0) is 0 Å². The fourth-order valence-electron chi connectivity index (χ4n) is 1.88. The second kappa shape index (κ2) is 5.46. The molecule has 0 saturated carbocycles. The van der Waals surface area contributed by atoms with Crippen LogP contribution in [0.25, 0.3) is 0 Å². The summed E-state index contributed by atoms with van der Waals surface area (Å²) in [6, 6.07) is 12.8. The summed E-state index contributed by atoms with van der Waals surface area (Å²) < 4.78 is 0. The summed E-state index contributed by atoms with van der Waals surface area (Å²) in [5, 5.41) is 0.820. The summed E-state index contributed by atoms with van der Waals surface area (Å²) in [6.07, 6.45) is 0. The van der Waals surface area contributed by atoms with Gasteiger partial charge in [0.25, 0.3) is 0 Å². The van der Waals surface area contributed by atoms with Crippen molar-refractivity contribution in [2.75, 3.05) is 0 Å². The van der Waals surface area contributed by atoms with Gasteiger partial charge in [-0.25, -0.2) is 0 Å². The molecule has 2 aromatic rings. The Balaban J connectivity index is 2.37. The van der Waals surface area contributed by atoms with Crippen LogP contribution in [0.15, 0.2) is 36.4 Å². The third kappa shape index (κ3) is 2.78. The van der Waals surface area contributed by atoms with Gasteiger partial charge in [0.15, 0.2) is 0 Å². The van der Waals surface area contributed by atoms with E-state index in [9.17, 15) is 0 Å². The van der Waals surface area contributed by atoms with Crippen molar-refractivity contribution in [3.05, 3.63) is 69.2 Å². The molecule has 0 radical (unpaired) electrons. The summed E-state index contributed by atoms with van der Waals surface area (Å²) in [5.41, 5.74) is 6.20. The van der Waals surface area contributed by atoms with Crippen LogP contribution in [0.3, 0.4) is 0 Å². The van der Waals surface area contributed by atoms with Gasteiger partial charge in [0.1, 0.15) is 0 Å². The number of hydrogen-bond donors (Lipinski definition) is 0. The van der Waals surface area contributed by atoms with E-state index < -0.39 is 0 Å². The smallest absolute Gasteiger partial charge is 0.0645 e. The van der Waals surface area contributed by atoms with Crippen molar-refractivity contribution < 1.29 is 0 Å². The lowest BCUT2D eigenvalue weighted by molar-refractivity contribution is 1.15. The maximum absolute atomic E-state index is 6.18. The van der Waals surface area contributed by atoms with Crippen LogP contribution in [0.2, 0.25) is 5.02 Å². The normalized spacial score (nSPS) is 12.5. The number of halogens is 2. The van der Waals surface area contributed by atoms with Crippen molar-refractivity contribution in [2.45, 2.75) is 25.6 Å². The number of hydrogen-bond acceptors (Lipinski definition) is 0. The number of alkyl halides is 1. The SMILES string of the molecule is Cc1ccc(C(Br)c2ccc(C)c(Cl)c2)cc1C. The van der Waals surface area contributed by atoms with Gasteiger partial charge in [0, 0.05) is 5.02 Å². The third-order valence-electron chi connectivity index (χ3n) is 3.31. The largest absolute Gasteiger partial charge is 0.0840 e. The molecule has 0 aromatic heterocycles. The zero-order valence-corrected chi connectivity index (χ0v) is 13.1. The maximum Gasteiger partial charge on any atom is 0.0645 e. The fourth-order valence-corrected chi connectivity index (χ4v) is 2.64. The molecule has 0 saturated heterocycles. The first kappa shape index (κ1) is 13.6. The van der Waals surface area contributed by atoms with Gasteiger partial charge in [-0.2, -0.15) is 0 Å². The summed E-state index contributed by atoms with van der Waals surface area (Å²) in [7, 11) is 0. The van der Waals surface area contributed by atoms with E-state index in [2.05, 4.69) is 60.1 Å². The second-order valence-corrected chi connectivity index (χ2v) is 6.04. The van der Waals surface area contributed by atoms with Gasteiger partial charge >= 0.3 is 0 Å². The first-order valence-electron chi connectivity index (χ1n) is 5.96. The Morgan fingerprint density at radius 2 is 1.39 bits per heavy atom. The first-order chi connectivity index (χ1) is 8.49. The molecular formula is C16H16BrCl. The van der Waals surface area contributed by atoms with E-state index in [4.69, 9.17) is 11.6 Å². The van der Waals surface area contributed by atoms with Crippen molar-refractivity contribution in [3.63, 3.8) is 0 Å². The quantitative estimate of drug-likeness (QED) is 0.617. The zero-order chi connectivity index (χ0) is 13.3. The van der Waals surface area contributed by atoms with E-state index in [1.807, 2.05) is 13.0 Å². The van der Waals surface area contributed by atoms with Crippen LogP contribution in [0.4, 0.5) is 0 Å². The number of rotatable bonds is 2. The van der Waals surface area contributed by atoms with Crippen LogP contribution in [0.5, 0.6) is 0 Å². The molecule has 1 unspecified atom stereocenters. The first-order valence-corrected chi connectivity index (χ1v) is 7.25. The highest BCUT2D eigenvalue weighted by Gasteiger charge is 2.12. The number of benzene rings is 2. The number of aryl methyl sites for hydroxylation is 3. The van der Waals surface area contributed by atoms with Gasteiger partial charge in [0.05, 0.1) is 4.83 Å². The van der Waals surface area contributed by atoms with Crippen molar-refractivity contribution in [1.82, 2.24) is 0 Å². The molecule has 0 aliphatic rings. The van der Waals surface area contributed by atoms with E-state index >= 15 is 0 Å². The highest BCUT2D eigenvalue weighted by atomic mass is 79.9. The second-order valence-electron chi connectivity index (χ2n) is 4.71. The Bertz CT molecular complexity index is 524. The van der Waals surface area contributed by atoms with Crippen LogP contribution in [0.1, 0.15) is 32.6 Å². The lowest BCUT2D eigenvalue weighted by Crippen LogP contribution is -1.95. The van der Waals surface area contributed by atoms with Gasteiger partial charge in [0.2, 0.25) is 0 Å². The standard InChI is InChI=1S/C16H16BrCl/c1-10-4-6-13(8-12(10)3)16(17)14-7-5-11(2)15(18)9-14/h4-9,16H,1-3H3. The van der Waals surface area contributed by atoms with Crippen molar-refractivity contribution in [3.8, 4) is 0 Å². The van der Waals surface area contributed by atoms with Gasteiger partial charge < -0.3 is 0 Å². The van der Waals surface area contributed by atoms with Gasteiger partial charge in [-0.05, 0) is 54.7 Å². The summed E-state index contributed by atoms with van der Waals surface area (Å²) >= 11 is 9.93. The summed E-state index contributed by atoms with van der Waals surface area (Å²) in [5.74, 6) is 0. The topological polar surface area (TPSA) is 0 Å². The zero-order valence-electron chi connectivity index (χ0n) is 10.8. The average molecular weight is 324 g/mol. The molecule has 2 aromatic carbocycles. The molecule has 0 bridgehead atoms. The van der Waals surface area contributed by atoms with Crippen molar-refractivity contribution in [2.24, 2.45) is 0 Å². The molecule has 1 atom stereocenters. The summed E-state index contributed by atoms with van der Waals surface area (Å²) in [6.45, 7) is 6.29. The van der Waals surface area contributed by atoms with Gasteiger partial charge in [-0.1, -0.05) is 57.9 Å². The van der Waals surface area contributed by atoms with Crippen LogP contribution in [0, 0.1) is 20.8 Å². The highest BCUT2D eigenvalue weighted by Crippen LogP contribution is 2.33. The van der Waals surface area contributed by atoms with Gasteiger partial charge in [-0.3, -0.25) is 0 Å². The maximum atomic E-state index is 6.18. The fraction of sp³-hybridized carbons (Fsp3) is 0.250. The lowest BCUT2D eigenvalue weighted by atomic mass is 10.00. The molecule has 2 heteroatoms. The molecule has 0 aliphatic heterocycles. The van der Waals surface area contributed by atoms with E-state index in [1.165, 1.54) is 22.3 Å². The molecule has 0 N–H and O–H groups in total. The van der Waals surface area contributed by atoms with E-state index in [0.29, 0.717) is 0 Å². The van der Waals surface area contributed by atoms with Crippen LogP contribution >= 0.6 is 27.5 Å². The minimum atomic E-state index is 0.190. The van der Waals surface area contributed by atoms with E-state index in [-0.39, 0.29) is 4.83 Å². The molecule has 0 amide bonds. The van der Waals surface area contributed by atoms with E-state index in [1.54, 1.807) is 0 Å². The molecule has 0 spiro atoms. The molecular weight excluding hydrogens is 308 g/mol. The van der Waals surface area contributed by atoms with Crippen LogP contribution in [-0.4, -0.2) is 0 Å². The Morgan fingerprint density at radius 1 is 0.833 bits per heavy atom. The molecule has 18 heavy (non-hydrogen) atoms. The predicted octanol–water partition coefficient (Wildman–Crippen LogP) is 5.75. The van der Waals surface area contributed by atoms with Crippen LogP contribution < -0.4 is 0 Å². The summed E-state index contributed by atoms with van der Waals surface area (Å²) in [4.78, 5) is 0.190. The Kier molecular flexibility index (Phi) is 4.14. The molecule has 2 rings (SSSR count). The molecule has 0 fully saturated rings. The monoisotopic (exact) mass is 322 g/mol. The Labute approximate surface area is 122 Å². The van der Waals surface area contributed by atoms with E-state index in [0.717, 1.165) is 10.6 Å². The minimum absolute atomic E-state index is 0.190. The molecule has 94 valence electrons. The molecule has 0 heterocycles. The Morgan fingerprint density at radius 3 is 1.94 bits per heavy atom. The molecule has 0 nitrogen and oxygen atoms in total.